The van der Waals surface area contributed by atoms with Gasteiger partial charge in [0.2, 0.25) is 0 Å². The first-order chi connectivity index (χ1) is 14.9. The number of fused-ring (bicyclic) bond motifs is 3. The highest BCUT2D eigenvalue weighted by Gasteiger charge is 2.29. The van der Waals surface area contributed by atoms with Crippen LogP contribution in [0.4, 0.5) is 10.5 Å². The van der Waals surface area contributed by atoms with E-state index in [9.17, 15) is 23.3 Å². The summed E-state index contributed by atoms with van der Waals surface area (Å²) in [5.74, 6) is -0.190. The van der Waals surface area contributed by atoms with Crippen molar-refractivity contribution in [3.63, 3.8) is 0 Å². The monoisotopic (exact) mass is 440 g/mol. The van der Waals surface area contributed by atoms with Crippen LogP contribution in [0, 0.1) is 10.1 Å². The van der Waals surface area contributed by atoms with E-state index in [1.54, 1.807) is 5.48 Å². The SMILES string of the molecule is O=C(NOS(=O)(=O)c1ccc([N+](=O)[O-])cc1)OCC1c2ccccc2-c2ccccc21. The zero-order chi connectivity index (χ0) is 22.0. The predicted octanol–water partition coefficient (Wildman–Crippen LogP) is 3.75. The second-order valence-corrected chi connectivity index (χ2v) is 8.26. The zero-order valence-corrected chi connectivity index (χ0v) is 16.7. The molecule has 1 aliphatic carbocycles. The van der Waals surface area contributed by atoms with Gasteiger partial charge in [-0.15, -0.1) is 4.28 Å². The van der Waals surface area contributed by atoms with Crippen molar-refractivity contribution in [1.82, 2.24) is 5.48 Å². The lowest BCUT2D eigenvalue weighted by Crippen LogP contribution is -2.29. The number of ether oxygens (including phenoxy) is 1. The summed E-state index contributed by atoms with van der Waals surface area (Å²) in [6.45, 7) is -0.0131. The number of amides is 1. The second-order valence-electron chi connectivity index (χ2n) is 6.72. The summed E-state index contributed by atoms with van der Waals surface area (Å²) >= 11 is 0. The van der Waals surface area contributed by atoms with E-state index in [4.69, 9.17) is 4.74 Å². The third-order valence-corrected chi connectivity index (χ3v) is 6.07. The standard InChI is InChI=1S/C21H16N2O7S/c24-21(22-30-31(27,28)15-11-9-14(10-12-15)23(25)26)29-13-20-18-7-3-1-5-16(18)17-6-2-4-8-19(17)20/h1-12,20H,13H2,(H,22,24). The molecule has 0 heterocycles. The highest BCUT2D eigenvalue weighted by atomic mass is 32.2. The Morgan fingerprint density at radius 2 is 1.48 bits per heavy atom. The molecule has 0 atom stereocenters. The third-order valence-electron chi connectivity index (χ3n) is 4.91. The van der Waals surface area contributed by atoms with E-state index in [2.05, 4.69) is 4.28 Å². The Kier molecular flexibility index (Phi) is 5.40. The van der Waals surface area contributed by atoms with Crippen LogP contribution in [-0.4, -0.2) is 26.0 Å². The Hall–Kier alpha value is -3.76. The molecule has 1 N–H and O–H groups in total. The summed E-state index contributed by atoms with van der Waals surface area (Å²) in [4.78, 5) is 21.7. The van der Waals surface area contributed by atoms with Crippen molar-refractivity contribution < 1.29 is 27.2 Å². The maximum Gasteiger partial charge on any atom is 0.432 e. The van der Waals surface area contributed by atoms with E-state index in [0.29, 0.717) is 0 Å². The average molecular weight is 440 g/mol. The van der Waals surface area contributed by atoms with Gasteiger partial charge in [-0.05, 0) is 34.4 Å². The molecule has 158 valence electrons. The van der Waals surface area contributed by atoms with Gasteiger partial charge in [0.05, 0.1) is 9.82 Å². The summed E-state index contributed by atoms with van der Waals surface area (Å²) in [5, 5.41) is 10.7. The number of nitro groups is 1. The molecule has 0 spiro atoms. The van der Waals surface area contributed by atoms with Gasteiger partial charge in [0.25, 0.3) is 5.69 Å². The van der Waals surface area contributed by atoms with Gasteiger partial charge in [0.15, 0.2) is 0 Å². The number of rotatable bonds is 6. The number of carbonyl (C=O) groups excluding carboxylic acids is 1. The lowest BCUT2D eigenvalue weighted by molar-refractivity contribution is -0.384. The average Bonchev–Trinajstić information content (AvgIpc) is 3.10. The first-order valence-electron chi connectivity index (χ1n) is 9.16. The number of nitrogens with zero attached hydrogens (tertiary/aromatic N) is 1. The number of hydroxylamine groups is 1. The van der Waals surface area contributed by atoms with Gasteiger partial charge in [0.1, 0.15) is 6.61 Å². The lowest BCUT2D eigenvalue weighted by Gasteiger charge is -2.14. The van der Waals surface area contributed by atoms with Crippen molar-refractivity contribution in [3.05, 3.63) is 94.0 Å². The summed E-state index contributed by atoms with van der Waals surface area (Å²) in [6.07, 6.45) is -1.08. The van der Waals surface area contributed by atoms with E-state index in [-0.39, 0.29) is 23.1 Å². The minimum atomic E-state index is -4.37. The van der Waals surface area contributed by atoms with Gasteiger partial charge >= 0.3 is 16.2 Å². The molecule has 1 aliphatic rings. The van der Waals surface area contributed by atoms with Crippen LogP contribution in [0.25, 0.3) is 11.1 Å². The van der Waals surface area contributed by atoms with Crippen molar-refractivity contribution in [1.29, 1.82) is 0 Å². The van der Waals surface area contributed by atoms with Crippen LogP contribution in [0.5, 0.6) is 0 Å². The largest absolute Gasteiger partial charge is 0.447 e. The number of nitrogens with one attached hydrogen (secondary N) is 1. The van der Waals surface area contributed by atoms with Crippen LogP contribution in [0.2, 0.25) is 0 Å². The van der Waals surface area contributed by atoms with E-state index in [1.807, 2.05) is 48.5 Å². The summed E-state index contributed by atoms with van der Waals surface area (Å²) in [7, 11) is -4.37. The van der Waals surface area contributed by atoms with E-state index in [1.165, 1.54) is 0 Å². The molecule has 0 radical (unpaired) electrons. The van der Waals surface area contributed by atoms with Crippen molar-refractivity contribution in [3.8, 4) is 11.1 Å². The van der Waals surface area contributed by atoms with Gasteiger partial charge in [0, 0.05) is 18.1 Å². The molecule has 1 amide bonds. The maximum absolute atomic E-state index is 12.1. The number of nitro benzene ring substituents is 1. The van der Waals surface area contributed by atoms with Crippen molar-refractivity contribution in [2.45, 2.75) is 10.8 Å². The van der Waals surface area contributed by atoms with E-state index >= 15 is 0 Å². The normalized spacial score (nSPS) is 12.6. The molecule has 3 aromatic carbocycles. The number of hydrogen-bond acceptors (Lipinski definition) is 7. The minimum absolute atomic E-state index is 0.0131. The van der Waals surface area contributed by atoms with Crippen LogP contribution in [0.1, 0.15) is 17.0 Å². The molecule has 3 aromatic rings. The fourth-order valence-corrected chi connectivity index (χ4v) is 4.24. The van der Waals surface area contributed by atoms with Crippen molar-refractivity contribution in [2.24, 2.45) is 0 Å². The smallest absolute Gasteiger partial charge is 0.432 e. The summed E-state index contributed by atoms with van der Waals surface area (Å²) < 4.78 is 34.0. The fourth-order valence-electron chi connectivity index (χ4n) is 3.50. The molecular formula is C21H16N2O7S. The Bertz CT molecular complexity index is 1210. The van der Waals surface area contributed by atoms with Gasteiger partial charge in [-0.25, -0.2) is 4.79 Å². The summed E-state index contributed by atoms with van der Waals surface area (Å²) in [5.41, 5.74) is 5.61. The number of hydrogen-bond donors (Lipinski definition) is 1. The zero-order valence-electron chi connectivity index (χ0n) is 15.9. The van der Waals surface area contributed by atoms with Crippen LogP contribution in [-0.2, 0) is 19.1 Å². The molecule has 0 saturated carbocycles. The van der Waals surface area contributed by atoms with Crippen molar-refractivity contribution >= 4 is 21.9 Å². The Morgan fingerprint density at radius 3 is 2.03 bits per heavy atom. The van der Waals surface area contributed by atoms with Gasteiger partial charge < -0.3 is 4.74 Å². The summed E-state index contributed by atoms with van der Waals surface area (Å²) in [6, 6.07) is 19.6. The number of benzene rings is 3. The molecule has 0 aliphatic heterocycles. The molecule has 0 unspecified atom stereocenters. The van der Waals surface area contributed by atoms with Crippen LogP contribution >= 0.6 is 0 Å². The molecule has 4 rings (SSSR count). The van der Waals surface area contributed by atoms with Crippen molar-refractivity contribution in [2.75, 3.05) is 6.61 Å². The topological polar surface area (TPSA) is 125 Å². The molecule has 0 aromatic heterocycles. The molecule has 0 saturated heterocycles. The number of carbonyl (C=O) groups is 1. The maximum atomic E-state index is 12.1. The van der Waals surface area contributed by atoms with E-state index in [0.717, 1.165) is 46.5 Å². The second kappa shape index (κ2) is 8.17. The third kappa shape index (κ3) is 4.11. The Balaban J connectivity index is 1.39. The van der Waals surface area contributed by atoms with Crippen LogP contribution in [0.15, 0.2) is 77.7 Å². The molecule has 0 fully saturated rings. The molecule has 0 bridgehead atoms. The first-order valence-corrected chi connectivity index (χ1v) is 10.6. The molecule has 31 heavy (non-hydrogen) atoms. The quantitative estimate of drug-likeness (QED) is 0.457. The Morgan fingerprint density at radius 1 is 0.935 bits per heavy atom. The lowest BCUT2D eigenvalue weighted by atomic mass is 9.98. The van der Waals surface area contributed by atoms with Crippen LogP contribution < -0.4 is 5.48 Å². The fraction of sp³-hybridized carbons (Fsp3) is 0.0952. The molecule has 10 heteroatoms. The predicted molar refractivity (Wildman–Crippen MR) is 110 cm³/mol. The molecule has 9 nitrogen and oxygen atoms in total. The number of non-ortho nitro benzene ring substituents is 1. The first kappa shape index (κ1) is 20.5. The van der Waals surface area contributed by atoms with E-state index < -0.39 is 21.1 Å². The van der Waals surface area contributed by atoms with Gasteiger partial charge in [-0.1, -0.05) is 48.5 Å². The highest BCUT2D eigenvalue weighted by molar-refractivity contribution is 7.86. The van der Waals surface area contributed by atoms with Crippen LogP contribution in [0.3, 0.4) is 0 Å². The minimum Gasteiger partial charge on any atom is -0.447 e. The molecular weight excluding hydrogens is 424 g/mol. The van der Waals surface area contributed by atoms with Gasteiger partial charge in [-0.3, -0.25) is 10.1 Å². The Labute approximate surface area is 177 Å². The van der Waals surface area contributed by atoms with Gasteiger partial charge in [-0.2, -0.15) is 13.9 Å². The highest BCUT2D eigenvalue weighted by Crippen LogP contribution is 2.44.